The molecule has 0 unspecified atom stereocenters. The van der Waals surface area contributed by atoms with E-state index in [1.165, 1.54) is 6.92 Å². The van der Waals surface area contributed by atoms with Crippen molar-refractivity contribution < 1.29 is 4.79 Å². The lowest BCUT2D eigenvalue weighted by molar-refractivity contribution is -0.111. The molecule has 0 saturated carbocycles. The minimum absolute atomic E-state index is 0.000602. The SMILES string of the molecule is CN/N=C(/C)C(C)=O. The van der Waals surface area contributed by atoms with Crippen molar-refractivity contribution in [1.82, 2.24) is 5.43 Å². The molecule has 3 heteroatoms. The van der Waals surface area contributed by atoms with Crippen LogP contribution in [0.1, 0.15) is 13.8 Å². The van der Waals surface area contributed by atoms with E-state index < -0.39 is 0 Å². The summed E-state index contributed by atoms with van der Waals surface area (Å²) in [4.78, 5) is 10.4. The second kappa shape index (κ2) is 3.18. The summed E-state index contributed by atoms with van der Waals surface area (Å²) < 4.78 is 0. The summed E-state index contributed by atoms with van der Waals surface area (Å²) in [6.07, 6.45) is 0. The Kier molecular flexibility index (Phi) is 2.84. The molecule has 0 amide bonds. The Labute approximate surface area is 48.8 Å². The molecule has 0 fully saturated rings. The molecule has 3 nitrogen and oxygen atoms in total. The number of ketones is 1. The van der Waals surface area contributed by atoms with Gasteiger partial charge in [0.25, 0.3) is 0 Å². The van der Waals surface area contributed by atoms with Crippen LogP contribution >= 0.6 is 0 Å². The molecule has 0 saturated heterocycles. The highest BCUT2D eigenvalue weighted by molar-refractivity contribution is 6.37. The number of Topliss-reactive ketones (excluding diaryl/α,β-unsaturated/α-hetero) is 1. The van der Waals surface area contributed by atoms with Gasteiger partial charge < -0.3 is 5.43 Å². The van der Waals surface area contributed by atoms with E-state index in [0.29, 0.717) is 5.71 Å². The maximum Gasteiger partial charge on any atom is 0.175 e. The van der Waals surface area contributed by atoms with E-state index in [0.717, 1.165) is 0 Å². The number of rotatable bonds is 2. The van der Waals surface area contributed by atoms with E-state index in [-0.39, 0.29) is 5.78 Å². The zero-order chi connectivity index (χ0) is 6.57. The molecule has 1 N–H and O–H groups in total. The molecule has 0 aliphatic carbocycles. The lowest BCUT2D eigenvalue weighted by Gasteiger charge is -1.89. The Morgan fingerprint density at radius 1 is 1.50 bits per heavy atom. The van der Waals surface area contributed by atoms with Crippen LogP contribution in [0.5, 0.6) is 0 Å². The van der Waals surface area contributed by atoms with Gasteiger partial charge in [-0.25, -0.2) is 0 Å². The summed E-state index contributed by atoms with van der Waals surface area (Å²) in [7, 11) is 1.66. The fourth-order valence-corrected chi connectivity index (χ4v) is 0.246. The first kappa shape index (κ1) is 7.14. The Bertz CT molecular complexity index is 118. The van der Waals surface area contributed by atoms with Crippen LogP contribution in [0.2, 0.25) is 0 Å². The number of hydrazone groups is 1. The first-order valence-electron chi connectivity index (χ1n) is 2.40. The predicted molar refractivity (Wildman–Crippen MR) is 32.8 cm³/mol. The fraction of sp³-hybridized carbons (Fsp3) is 0.600. The van der Waals surface area contributed by atoms with Gasteiger partial charge in [-0.15, -0.1) is 0 Å². The van der Waals surface area contributed by atoms with E-state index >= 15 is 0 Å². The standard InChI is InChI=1S/C5H10N2O/c1-4(5(2)8)7-6-3/h6H,1-3H3/b7-4-. The molecule has 0 heterocycles. The number of hydrogen-bond acceptors (Lipinski definition) is 3. The van der Waals surface area contributed by atoms with Gasteiger partial charge in [0, 0.05) is 14.0 Å². The molecule has 0 aromatic carbocycles. The predicted octanol–water partition coefficient (Wildman–Crippen LogP) is 0.171. The number of carbonyl (C=O) groups excluding carboxylic acids is 1. The van der Waals surface area contributed by atoms with Crippen LogP contribution in [0.25, 0.3) is 0 Å². The first-order chi connectivity index (χ1) is 3.68. The van der Waals surface area contributed by atoms with Crippen molar-refractivity contribution in [1.29, 1.82) is 0 Å². The highest BCUT2D eigenvalue weighted by Crippen LogP contribution is 1.74. The number of nitrogens with one attached hydrogen (secondary N) is 1. The van der Waals surface area contributed by atoms with E-state index in [4.69, 9.17) is 0 Å². The van der Waals surface area contributed by atoms with Crippen LogP contribution in [0.15, 0.2) is 5.10 Å². The van der Waals surface area contributed by atoms with Gasteiger partial charge in [0.2, 0.25) is 0 Å². The summed E-state index contributed by atoms with van der Waals surface area (Å²) in [5.74, 6) is -0.000602. The van der Waals surface area contributed by atoms with Gasteiger partial charge in [0.15, 0.2) is 5.78 Å². The molecule has 0 aromatic heterocycles. The maximum absolute atomic E-state index is 10.4. The molecule has 0 radical (unpaired) electrons. The van der Waals surface area contributed by atoms with Gasteiger partial charge in [-0.3, -0.25) is 4.79 Å². The van der Waals surface area contributed by atoms with Gasteiger partial charge in [-0.05, 0) is 6.92 Å². The second-order valence-corrected chi connectivity index (χ2v) is 1.48. The highest BCUT2D eigenvalue weighted by atomic mass is 16.1. The van der Waals surface area contributed by atoms with Crippen molar-refractivity contribution in [2.45, 2.75) is 13.8 Å². The van der Waals surface area contributed by atoms with Crippen LogP contribution in [-0.2, 0) is 4.79 Å². The third kappa shape index (κ3) is 2.34. The molecule has 0 atom stereocenters. The van der Waals surface area contributed by atoms with Crippen molar-refractivity contribution in [2.75, 3.05) is 7.05 Å². The van der Waals surface area contributed by atoms with E-state index in [2.05, 4.69) is 10.5 Å². The molecule has 0 aliphatic rings. The normalized spacial score (nSPS) is 11.1. The number of nitrogens with zero attached hydrogens (tertiary/aromatic N) is 1. The molecule has 0 rings (SSSR count). The van der Waals surface area contributed by atoms with Gasteiger partial charge in [-0.1, -0.05) is 0 Å². The highest BCUT2D eigenvalue weighted by Gasteiger charge is 1.93. The van der Waals surface area contributed by atoms with E-state index in [1.807, 2.05) is 0 Å². The van der Waals surface area contributed by atoms with Gasteiger partial charge in [0.1, 0.15) is 0 Å². The Hall–Kier alpha value is -0.860. The van der Waals surface area contributed by atoms with Crippen molar-refractivity contribution in [3.8, 4) is 0 Å². The molecule has 8 heavy (non-hydrogen) atoms. The zero-order valence-electron chi connectivity index (χ0n) is 5.36. The van der Waals surface area contributed by atoms with Crippen LogP contribution in [0, 0.1) is 0 Å². The summed E-state index contributed by atoms with van der Waals surface area (Å²) >= 11 is 0. The zero-order valence-corrected chi connectivity index (χ0v) is 5.36. The van der Waals surface area contributed by atoms with Crippen LogP contribution in [0.4, 0.5) is 0 Å². The van der Waals surface area contributed by atoms with Crippen molar-refractivity contribution in [2.24, 2.45) is 5.10 Å². The minimum Gasteiger partial charge on any atom is -0.313 e. The average Bonchev–Trinajstić information content (AvgIpc) is 1.67. The fourth-order valence-electron chi connectivity index (χ4n) is 0.246. The van der Waals surface area contributed by atoms with Crippen molar-refractivity contribution in [3.63, 3.8) is 0 Å². The van der Waals surface area contributed by atoms with Gasteiger partial charge in [-0.2, -0.15) is 5.10 Å². The summed E-state index contributed by atoms with van der Waals surface area (Å²) in [6.45, 7) is 3.15. The maximum atomic E-state index is 10.4. The summed E-state index contributed by atoms with van der Waals surface area (Å²) in [5, 5.41) is 3.64. The summed E-state index contributed by atoms with van der Waals surface area (Å²) in [5.41, 5.74) is 3.02. The Morgan fingerprint density at radius 2 is 2.00 bits per heavy atom. The molecule has 0 spiro atoms. The molecular formula is C5H10N2O. The van der Waals surface area contributed by atoms with Crippen molar-refractivity contribution >= 4 is 11.5 Å². The number of hydrogen-bond donors (Lipinski definition) is 1. The topological polar surface area (TPSA) is 41.5 Å². The Balaban J connectivity index is 3.80. The molecule has 0 aliphatic heterocycles. The second-order valence-electron chi connectivity index (χ2n) is 1.48. The third-order valence-electron chi connectivity index (χ3n) is 0.789. The van der Waals surface area contributed by atoms with Crippen LogP contribution in [-0.4, -0.2) is 18.5 Å². The average molecular weight is 114 g/mol. The van der Waals surface area contributed by atoms with Crippen LogP contribution < -0.4 is 5.43 Å². The Morgan fingerprint density at radius 3 is 2.12 bits per heavy atom. The minimum atomic E-state index is -0.000602. The van der Waals surface area contributed by atoms with E-state index in [1.54, 1.807) is 14.0 Å². The first-order valence-corrected chi connectivity index (χ1v) is 2.40. The number of carbonyl (C=O) groups is 1. The van der Waals surface area contributed by atoms with Gasteiger partial charge in [0.05, 0.1) is 5.71 Å². The molecule has 0 aromatic rings. The molecule has 46 valence electrons. The lowest BCUT2D eigenvalue weighted by Crippen LogP contribution is -2.09. The van der Waals surface area contributed by atoms with Crippen LogP contribution in [0.3, 0.4) is 0 Å². The largest absolute Gasteiger partial charge is 0.313 e. The van der Waals surface area contributed by atoms with Gasteiger partial charge >= 0.3 is 0 Å². The monoisotopic (exact) mass is 114 g/mol. The van der Waals surface area contributed by atoms with Crippen molar-refractivity contribution in [3.05, 3.63) is 0 Å². The summed E-state index contributed by atoms with van der Waals surface area (Å²) in [6, 6.07) is 0. The lowest BCUT2D eigenvalue weighted by atomic mass is 10.3. The molecule has 0 bridgehead atoms. The molecular weight excluding hydrogens is 104 g/mol. The quantitative estimate of drug-likeness (QED) is 0.410. The van der Waals surface area contributed by atoms with E-state index in [9.17, 15) is 4.79 Å². The third-order valence-corrected chi connectivity index (χ3v) is 0.789. The smallest absolute Gasteiger partial charge is 0.175 e.